The van der Waals surface area contributed by atoms with E-state index in [1.165, 1.54) is 15.9 Å². The number of nitrogens with zero attached hydrogens (tertiary/aromatic N) is 5. The quantitative estimate of drug-likeness (QED) is 0.207. The molecule has 0 N–H and O–H groups in total. The molecule has 0 bridgehead atoms. The number of rotatable bonds is 10. The van der Waals surface area contributed by atoms with Crippen LogP contribution in [0.1, 0.15) is 30.3 Å². The Hall–Kier alpha value is -5.22. The standard InChI is InChI=1S/C33H29N5O4S/c1-4-18-42-27-16-10-22(19-28(27)41-3)11-17-30-34-33-38(35-30)32(39)29(43-33)20-24-21-37(25-8-6-5-7-9-25)36-31(24)23-12-14-26(40-2)15-13-23/h5-17,19-21H,4,18H2,1-3H3/b17-11+,29-20-. The number of benzene rings is 3. The van der Waals surface area contributed by atoms with Gasteiger partial charge < -0.3 is 14.2 Å². The van der Waals surface area contributed by atoms with Crippen molar-refractivity contribution in [2.75, 3.05) is 20.8 Å². The summed E-state index contributed by atoms with van der Waals surface area (Å²) in [7, 11) is 3.25. The lowest BCUT2D eigenvalue weighted by Crippen LogP contribution is -2.23. The van der Waals surface area contributed by atoms with Gasteiger partial charge in [-0.1, -0.05) is 48.6 Å². The summed E-state index contributed by atoms with van der Waals surface area (Å²) in [5.41, 5.74) is 4.03. The molecule has 10 heteroatoms. The summed E-state index contributed by atoms with van der Waals surface area (Å²) in [6.07, 6.45) is 8.33. The molecule has 6 aromatic rings. The van der Waals surface area contributed by atoms with Gasteiger partial charge in [0.1, 0.15) is 11.4 Å². The monoisotopic (exact) mass is 591 g/mol. The fourth-order valence-electron chi connectivity index (χ4n) is 4.53. The minimum absolute atomic E-state index is 0.237. The topological polar surface area (TPSA) is 92.8 Å². The van der Waals surface area contributed by atoms with E-state index in [2.05, 4.69) is 17.0 Å². The van der Waals surface area contributed by atoms with Crippen LogP contribution in [0.3, 0.4) is 0 Å². The number of hydrogen-bond donors (Lipinski definition) is 0. The first kappa shape index (κ1) is 27.9. The molecule has 3 aromatic carbocycles. The maximum absolute atomic E-state index is 13.4. The highest BCUT2D eigenvalue weighted by Gasteiger charge is 2.14. The van der Waals surface area contributed by atoms with E-state index < -0.39 is 0 Å². The van der Waals surface area contributed by atoms with Gasteiger partial charge in [-0.3, -0.25) is 4.79 Å². The highest BCUT2D eigenvalue weighted by atomic mass is 32.1. The summed E-state index contributed by atoms with van der Waals surface area (Å²) in [4.78, 5) is 18.5. The highest BCUT2D eigenvalue weighted by Crippen LogP contribution is 2.29. The van der Waals surface area contributed by atoms with Crippen LogP contribution in [0.15, 0.2) is 83.8 Å². The Bertz CT molecular complexity index is 2010. The molecule has 0 spiro atoms. The smallest absolute Gasteiger partial charge is 0.291 e. The zero-order chi connectivity index (χ0) is 29.8. The lowest BCUT2D eigenvalue weighted by Gasteiger charge is -2.10. The third-order valence-electron chi connectivity index (χ3n) is 6.69. The minimum atomic E-state index is -0.237. The van der Waals surface area contributed by atoms with Gasteiger partial charge in [0.25, 0.3) is 5.56 Å². The number of methoxy groups -OCH3 is 2. The van der Waals surface area contributed by atoms with Gasteiger partial charge in [-0.2, -0.15) is 14.6 Å². The molecular formula is C33H29N5O4S. The average molecular weight is 592 g/mol. The molecule has 0 radical (unpaired) electrons. The molecule has 0 saturated carbocycles. The van der Waals surface area contributed by atoms with E-state index in [9.17, 15) is 4.79 Å². The van der Waals surface area contributed by atoms with Gasteiger partial charge >= 0.3 is 0 Å². The largest absolute Gasteiger partial charge is 0.497 e. The molecule has 0 unspecified atom stereocenters. The van der Waals surface area contributed by atoms with E-state index >= 15 is 0 Å². The van der Waals surface area contributed by atoms with E-state index in [-0.39, 0.29) is 5.56 Å². The Balaban J connectivity index is 1.33. The predicted molar refractivity (Wildman–Crippen MR) is 169 cm³/mol. The first-order valence-corrected chi connectivity index (χ1v) is 14.6. The van der Waals surface area contributed by atoms with E-state index in [0.29, 0.717) is 33.4 Å². The molecule has 0 atom stereocenters. The fraction of sp³-hybridized carbons (Fsp3) is 0.152. The van der Waals surface area contributed by atoms with E-state index in [1.807, 2.05) is 95.8 Å². The summed E-state index contributed by atoms with van der Waals surface area (Å²) in [5, 5.41) is 9.31. The number of ether oxygens (including phenoxy) is 3. The Morgan fingerprint density at radius 2 is 1.72 bits per heavy atom. The molecule has 216 valence electrons. The van der Waals surface area contributed by atoms with Crippen LogP contribution in [0, 0.1) is 0 Å². The van der Waals surface area contributed by atoms with Crippen LogP contribution in [0.5, 0.6) is 17.2 Å². The minimum Gasteiger partial charge on any atom is -0.497 e. The first-order valence-electron chi connectivity index (χ1n) is 13.8. The number of fused-ring (bicyclic) bond motifs is 1. The molecule has 0 aliphatic carbocycles. The summed E-state index contributed by atoms with van der Waals surface area (Å²) in [6.45, 7) is 2.68. The van der Waals surface area contributed by atoms with Crippen molar-refractivity contribution in [3.05, 3.63) is 111 Å². The van der Waals surface area contributed by atoms with E-state index in [4.69, 9.17) is 19.3 Å². The molecule has 0 aliphatic heterocycles. The predicted octanol–water partition coefficient (Wildman–Crippen LogP) is 5.53. The molecule has 43 heavy (non-hydrogen) atoms. The molecule has 0 saturated heterocycles. The molecule has 0 amide bonds. The van der Waals surface area contributed by atoms with Gasteiger partial charge in [0.2, 0.25) is 4.96 Å². The fourth-order valence-corrected chi connectivity index (χ4v) is 5.44. The molecule has 0 fully saturated rings. The van der Waals surface area contributed by atoms with Crippen molar-refractivity contribution in [2.45, 2.75) is 13.3 Å². The lowest BCUT2D eigenvalue weighted by atomic mass is 10.1. The van der Waals surface area contributed by atoms with Crippen LogP contribution < -0.4 is 24.3 Å². The van der Waals surface area contributed by atoms with Gasteiger partial charge in [-0.15, -0.1) is 5.10 Å². The van der Waals surface area contributed by atoms with Crippen LogP contribution in [0.25, 0.3) is 40.1 Å². The second kappa shape index (κ2) is 12.3. The van der Waals surface area contributed by atoms with Crippen molar-refractivity contribution < 1.29 is 14.2 Å². The van der Waals surface area contributed by atoms with Gasteiger partial charge in [-0.05, 0) is 72.7 Å². The van der Waals surface area contributed by atoms with Crippen LogP contribution in [-0.2, 0) is 0 Å². The SMILES string of the molecule is CCCOc1ccc(/C=C/c2nc3s/c(=C\c4cn(-c5ccccc5)nc4-c4ccc(OC)cc4)c(=O)n3n2)cc1OC. The number of thiazole rings is 1. The van der Waals surface area contributed by atoms with Crippen LogP contribution in [0.2, 0.25) is 0 Å². The van der Waals surface area contributed by atoms with Crippen LogP contribution >= 0.6 is 11.3 Å². The van der Waals surface area contributed by atoms with Crippen molar-refractivity contribution in [1.82, 2.24) is 24.4 Å². The van der Waals surface area contributed by atoms with E-state index in [0.717, 1.165) is 40.2 Å². The molecular weight excluding hydrogens is 562 g/mol. The summed E-state index contributed by atoms with van der Waals surface area (Å²) in [6, 6.07) is 23.2. The second-order valence-electron chi connectivity index (χ2n) is 9.61. The van der Waals surface area contributed by atoms with Crippen molar-refractivity contribution in [3.8, 4) is 34.2 Å². The summed E-state index contributed by atoms with van der Waals surface area (Å²) in [5.74, 6) is 2.55. The first-order chi connectivity index (χ1) is 21.1. The molecule has 3 heterocycles. The zero-order valence-corrected chi connectivity index (χ0v) is 24.7. The Labute approximate surface area is 251 Å². The van der Waals surface area contributed by atoms with Crippen molar-refractivity contribution in [2.24, 2.45) is 0 Å². The van der Waals surface area contributed by atoms with Gasteiger partial charge in [0.15, 0.2) is 17.3 Å². The Morgan fingerprint density at radius 1 is 0.907 bits per heavy atom. The van der Waals surface area contributed by atoms with E-state index in [1.54, 1.807) is 20.3 Å². The normalized spacial score (nSPS) is 11.9. The number of para-hydroxylation sites is 1. The van der Waals surface area contributed by atoms with Crippen molar-refractivity contribution in [3.63, 3.8) is 0 Å². The molecule has 6 rings (SSSR count). The Morgan fingerprint density at radius 3 is 2.44 bits per heavy atom. The van der Waals surface area contributed by atoms with Gasteiger partial charge in [-0.25, -0.2) is 4.68 Å². The zero-order valence-electron chi connectivity index (χ0n) is 23.9. The Kier molecular flexibility index (Phi) is 8.01. The van der Waals surface area contributed by atoms with Crippen molar-refractivity contribution >= 4 is 34.5 Å². The van der Waals surface area contributed by atoms with Crippen LogP contribution in [0.4, 0.5) is 0 Å². The third kappa shape index (κ3) is 5.91. The number of hydrogen-bond acceptors (Lipinski definition) is 8. The summed E-state index contributed by atoms with van der Waals surface area (Å²) >= 11 is 1.29. The maximum atomic E-state index is 13.4. The molecule has 9 nitrogen and oxygen atoms in total. The highest BCUT2D eigenvalue weighted by molar-refractivity contribution is 7.15. The van der Waals surface area contributed by atoms with Crippen LogP contribution in [-0.4, -0.2) is 45.2 Å². The second-order valence-corrected chi connectivity index (χ2v) is 10.6. The average Bonchev–Trinajstić information content (AvgIpc) is 3.74. The molecule has 0 aliphatic rings. The molecule has 3 aromatic heterocycles. The maximum Gasteiger partial charge on any atom is 0.291 e. The number of aromatic nitrogens is 5. The lowest BCUT2D eigenvalue weighted by molar-refractivity contribution is 0.294. The van der Waals surface area contributed by atoms with Crippen molar-refractivity contribution in [1.29, 1.82) is 0 Å². The summed E-state index contributed by atoms with van der Waals surface area (Å²) < 4.78 is 20.2. The van der Waals surface area contributed by atoms with Gasteiger partial charge in [0.05, 0.1) is 31.0 Å². The van der Waals surface area contributed by atoms with Gasteiger partial charge in [0, 0.05) is 17.3 Å². The third-order valence-corrected chi connectivity index (χ3v) is 7.64.